The van der Waals surface area contributed by atoms with Crippen molar-refractivity contribution in [2.45, 2.75) is 6.54 Å². The molecular formula is C18H22N4O. The molecule has 0 bridgehead atoms. The van der Waals surface area contributed by atoms with E-state index in [4.69, 9.17) is 11.5 Å². The average molecular weight is 310 g/mol. The normalized spacial score (nSPS) is 15.6. The number of hydrogen-bond acceptors (Lipinski definition) is 4. The van der Waals surface area contributed by atoms with E-state index in [1.165, 1.54) is 5.56 Å². The lowest BCUT2D eigenvalue weighted by molar-refractivity contribution is 0.0628. The fraction of sp³-hybridized carbons (Fsp3) is 0.278. The van der Waals surface area contributed by atoms with Gasteiger partial charge in [-0.2, -0.15) is 0 Å². The van der Waals surface area contributed by atoms with Gasteiger partial charge in [-0.15, -0.1) is 0 Å². The first kappa shape index (κ1) is 15.4. The maximum atomic E-state index is 12.5. The third kappa shape index (κ3) is 3.63. The molecular weight excluding hydrogens is 288 g/mol. The summed E-state index contributed by atoms with van der Waals surface area (Å²) in [5, 5.41) is 0. The van der Waals surface area contributed by atoms with E-state index in [0.29, 0.717) is 16.9 Å². The minimum atomic E-state index is 0.0241. The largest absolute Gasteiger partial charge is 0.397 e. The number of piperazine rings is 1. The molecule has 2 aromatic rings. The van der Waals surface area contributed by atoms with Crippen LogP contribution in [0.5, 0.6) is 0 Å². The van der Waals surface area contributed by atoms with Crippen LogP contribution in [0, 0.1) is 0 Å². The molecule has 120 valence electrons. The fourth-order valence-electron chi connectivity index (χ4n) is 2.84. The van der Waals surface area contributed by atoms with Crippen LogP contribution in [0.3, 0.4) is 0 Å². The Bertz CT molecular complexity index is 679. The van der Waals surface area contributed by atoms with Crippen LogP contribution >= 0.6 is 0 Å². The number of nitrogens with two attached hydrogens (primary N) is 2. The molecule has 0 aromatic heterocycles. The maximum Gasteiger partial charge on any atom is 0.254 e. The van der Waals surface area contributed by atoms with Crippen LogP contribution in [0.2, 0.25) is 0 Å². The predicted molar refractivity (Wildman–Crippen MR) is 92.9 cm³/mol. The molecule has 0 aliphatic carbocycles. The second-order valence-corrected chi connectivity index (χ2v) is 5.90. The lowest BCUT2D eigenvalue weighted by Gasteiger charge is -2.34. The van der Waals surface area contributed by atoms with E-state index in [1.54, 1.807) is 18.2 Å². The summed E-state index contributed by atoms with van der Waals surface area (Å²) in [6, 6.07) is 15.5. The number of nitrogens with zero attached hydrogens (tertiary/aromatic N) is 2. The van der Waals surface area contributed by atoms with E-state index in [1.807, 2.05) is 11.0 Å². The van der Waals surface area contributed by atoms with Crippen LogP contribution in [0.25, 0.3) is 0 Å². The van der Waals surface area contributed by atoms with Crippen molar-refractivity contribution in [3.8, 4) is 0 Å². The summed E-state index contributed by atoms with van der Waals surface area (Å²) in [6.45, 7) is 4.15. The average Bonchev–Trinajstić information content (AvgIpc) is 2.58. The summed E-state index contributed by atoms with van der Waals surface area (Å²) in [7, 11) is 0. The highest BCUT2D eigenvalue weighted by Crippen LogP contribution is 2.18. The number of anilines is 2. The van der Waals surface area contributed by atoms with Crippen LogP contribution in [0.1, 0.15) is 15.9 Å². The van der Waals surface area contributed by atoms with Crippen molar-refractivity contribution >= 4 is 17.3 Å². The number of hydrogen-bond donors (Lipinski definition) is 2. The Morgan fingerprint density at radius 2 is 1.61 bits per heavy atom. The zero-order valence-corrected chi connectivity index (χ0v) is 13.1. The number of carbonyl (C=O) groups excluding carboxylic acids is 1. The Kier molecular flexibility index (Phi) is 4.48. The van der Waals surface area contributed by atoms with Crippen LogP contribution in [0.15, 0.2) is 48.5 Å². The number of benzene rings is 2. The van der Waals surface area contributed by atoms with E-state index < -0.39 is 0 Å². The minimum Gasteiger partial charge on any atom is -0.397 e. The summed E-state index contributed by atoms with van der Waals surface area (Å²) in [6.07, 6.45) is 0. The maximum absolute atomic E-state index is 12.5. The minimum absolute atomic E-state index is 0.0241. The lowest BCUT2D eigenvalue weighted by atomic mass is 10.1. The van der Waals surface area contributed by atoms with Gasteiger partial charge < -0.3 is 16.4 Å². The van der Waals surface area contributed by atoms with Gasteiger partial charge in [-0.25, -0.2) is 0 Å². The third-order valence-corrected chi connectivity index (χ3v) is 4.24. The van der Waals surface area contributed by atoms with Gasteiger partial charge in [0.2, 0.25) is 0 Å². The van der Waals surface area contributed by atoms with Crippen molar-refractivity contribution in [1.29, 1.82) is 0 Å². The topological polar surface area (TPSA) is 75.6 Å². The van der Waals surface area contributed by atoms with Crippen molar-refractivity contribution in [1.82, 2.24) is 9.80 Å². The number of amides is 1. The third-order valence-electron chi connectivity index (χ3n) is 4.24. The summed E-state index contributed by atoms with van der Waals surface area (Å²) in [5.74, 6) is 0.0241. The van der Waals surface area contributed by atoms with E-state index in [-0.39, 0.29) is 5.91 Å². The molecule has 0 radical (unpaired) electrons. The molecule has 1 aliphatic rings. The fourth-order valence-corrected chi connectivity index (χ4v) is 2.84. The van der Waals surface area contributed by atoms with Gasteiger partial charge in [0.25, 0.3) is 5.91 Å². The SMILES string of the molecule is Nc1ccc(C(=O)N2CCN(Cc3ccccc3)CC2)cc1N. The highest BCUT2D eigenvalue weighted by atomic mass is 16.2. The molecule has 2 aromatic carbocycles. The van der Waals surface area contributed by atoms with Crippen molar-refractivity contribution < 1.29 is 4.79 Å². The van der Waals surface area contributed by atoms with Gasteiger partial charge >= 0.3 is 0 Å². The van der Waals surface area contributed by atoms with Gasteiger partial charge in [-0.1, -0.05) is 30.3 Å². The highest BCUT2D eigenvalue weighted by molar-refractivity contribution is 5.96. The van der Waals surface area contributed by atoms with Crippen LogP contribution in [0.4, 0.5) is 11.4 Å². The Hall–Kier alpha value is -2.53. The first-order valence-electron chi connectivity index (χ1n) is 7.84. The van der Waals surface area contributed by atoms with Crippen LogP contribution in [-0.4, -0.2) is 41.9 Å². The Morgan fingerprint density at radius 3 is 2.26 bits per heavy atom. The quantitative estimate of drug-likeness (QED) is 0.848. The first-order chi connectivity index (χ1) is 11.1. The molecule has 1 saturated heterocycles. The monoisotopic (exact) mass is 310 g/mol. The van der Waals surface area contributed by atoms with Gasteiger partial charge in [0.15, 0.2) is 0 Å². The van der Waals surface area contributed by atoms with E-state index in [9.17, 15) is 4.79 Å². The predicted octanol–water partition coefficient (Wildman–Crippen LogP) is 1.81. The second kappa shape index (κ2) is 6.71. The molecule has 1 amide bonds. The van der Waals surface area contributed by atoms with Crippen LogP contribution in [-0.2, 0) is 6.54 Å². The lowest BCUT2D eigenvalue weighted by Crippen LogP contribution is -2.48. The second-order valence-electron chi connectivity index (χ2n) is 5.90. The molecule has 0 saturated carbocycles. The molecule has 23 heavy (non-hydrogen) atoms. The number of nitrogen functional groups attached to an aromatic ring is 2. The molecule has 1 aliphatic heterocycles. The van der Waals surface area contributed by atoms with E-state index in [0.717, 1.165) is 32.7 Å². The van der Waals surface area contributed by atoms with Crippen molar-refractivity contribution in [2.24, 2.45) is 0 Å². The Labute approximate surface area is 136 Å². The van der Waals surface area contributed by atoms with E-state index >= 15 is 0 Å². The standard InChI is InChI=1S/C18H22N4O/c19-16-7-6-15(12-17(16)20)18(23)22-10-8-21(9-11-22)13-14-4-2-1-3-5-14/h1-7,12H,8-11,13,19-20H2. The van der Waals surface area contributed by atoms with Crippen LogP contribution < -0.4 is 11.5 Å². The van der Waals surface area contributed by atoms with Gasteiger partial charge in [0.1, 0.15) is 0 Å². The van der Waals surface area contributed by atoms with Gasteiger partial charge in [0.05, 0.1) is 11.4 Å². The smallest absolute Gasteiger partial charge is 0.254 e. The van der Waals surface area contributed by atoms with Gasteiger partial charge in [-0.3, -0.25) is 9.69 Å². The molecule has 5 heteroatoms. The van der Waals surface area contributed by atoms with E-state index in [2.05, 4.69) is 29.2 Å². The van der Waals surface area contributed by atoms with Crippen molar-refractivity contribution in [3.05, 3.63) is 59.7 Å². The molecule has 0 unspecified atom stereocenters. The summed E-state index contributed by atoms with van der Waals surface area (Å²) in [4.78, 5) is 16.8. The number of carbonyl (C=O) groups is 1. The highest BCUT2D eigenvalue weighted by Gasteiger charge is 2.22. The van der Waals surface area contributed by atoms with Gasteiger partial charge in [0, 0.05) is 38.3 Å². The Balaban J connectivity index is 1.58. The summed E-state index contributed by atoms with van der Waals surface area (Å²) in [5.41, 5.74) is 14.4. The molecule has 1 fully saturated rings. The van der Waals surface area contributed by atoms with Crippen molar-refractivity contribution in [3.63, 3.8) is 0 Å². The summed E-state index contributed by atoms with van der Waals surface area (Å²) < 4.78 is 0. The first-order valence-corrected chi connectivity index (χ1v) is 7.84. The molecule has 5 nitrogen and oxygen atoms in total. The molecule has 0 atom stereocenters. The van der Waals surface area contributed by atoms with Crippen molar-refractivity contribution in [2.75, 3.05) is 37.6 Å². The molecule has 3 rings (SSSR count). The molecule has 1 heterocycles. The summed E-state index contributed by atoms with van der Waals surface area (Å²) >= 11 is 0. The Morgan fingerprint density at radius 1 is 0.913 bits per heavy atom. The zero-order valence-electron chi connectivity index (χ0n) is 13.1. The number of rotatable bonds is 3. The zero-order chi connectivity index (χ0) is 16.2. The molecule has 4 N–H and O–H groups in total. The molecule has 0 spiro atoms. The van der Waals surface area contributed by atoms with Gasteiger partial charge in [-0.05, 0) is 23.8 Å².